The summed E-state index contributed by atoms with van der Waals surface area (Å²) < 4.78 is 35.9. The number of halogens is 3. The van der Waals surface area contributed by atoms with Gasteiger partial charge in [0.1, 0.15) is 16.4 Å². The summed E-state index contributed by atoms with van der Waals surface area (Å²) in [6, 6.07) is 3.49. The van der Waals surface area contributed by atoms with E-state index in [1.807, 2.05) is 0 Å². The monoisotopic (exact) mass is 204 g/mol. The highest BCUT2D eigenvalue weighted by Crippen LogP contribution is 2.29. The van der Waals surface area contributed by atoms with Crippen molar-refractivity contribution in [1.29, 1.82) is 5.26 Å². The second-order valence-electron chi connectivity index (χ2n) is 2.22. The zero-order chi connectivity index (χ0) is 10.1. The highest BCUT2D eigenvalue weighted by molar-refractivity contribution is 7.71. The van der Waals surface area contributed by atoms with Crippen LogP contribution in [0.1, 0.15) is 11.3 Å². The SMILES string of the molecule is N#Cc1ccc(C(F)(F)F)c(=S)[nH]1. The van der Waals surface area contributed by atoms with Gasteiger partial charge in [0, 0.05) is 0 Å². The number of nitrogens with one attached hydrogen (secondary N) is 1. The van der Waals surface area contributed by atoms with Gasteiger partial charge in [-0.05, 0) is 12.1 Å². The molecule has 0 aliphatic heterocycles. The highest BCUT2D eigenvalue weighted by Gasteiger charge is 2.32. The second kappa shape index (κ2) is 3.18. The van der Waals surface area contributed by atoms with Crippen molar-refractivity contribution in [2.24, 2.45) is 0 Å². The smallest absolute Gasteiger partial charge is 0.337 e. The Kier molecular flexibility index (Phi) is 2.38. The van der Waals surface area contributed by atoms with E-state index in [-0.39, 0.29) is 5.69 Å². The van der Waals surface area contributed by atoms with Crippen LogP contribution in [0.2, 0.25) is 0 Å². The third kappa shape index (κ3) is 2.06. The third-order valence-electron chi connectivity index (χ3n) is 1.34. The van der Waals surface area contributed by atoms with Crippen molar-refractivity contribution >= 4 is 12.2 Å². The number of alkyl halides is 3. The quantitative estimate of drug-likeness (QED) is 0.660. The van der Waals surface area contributed by atoms with Crippen molar-refractivity contribution in [3.63, 3.8) is 0 Å². The Labute approximate surface area is 76.6 Å². The van der Waals surface area contributed by atoms with E-state index >= 15 is 0 Å². The van der Waals surface area contributed by atoms with Gasteiger partial charge >= 0.3 is 6.18 Å². The van der Waals surface area contributed by atoms with Crippen LogP contribution in [0.5, 0.6) is 0 Å². The van der Waals surface area contributed by atoms with Gasteiger partial charge in [0.25, 0.3) is 0 Å². The predicted molar refractivity (Wildman–Crippen MR) is 41.3 cm³/mol. The second-order valence-corrected chi connectivity index (χ2v) is 2.63. The van der Waals surface area contributed by atoms with Gasteiger partial charge in [-0.2, -0.15) is 18.4 Å². The number of aromatic amines is 1. The normalized spacial score (nSPS) is 10.9. The van der Waals surface area contributed by atoms with Gasteiger partial charge in [-0.3, -0.25) is 0 Å². The van der Waals surface area contributed by atoms with E-state index in [0.29, 0.717) is 0 Å². The highest BCUT2D eigenvalue weighted by atomic mass is 32.1. The molecule has 0 saturated carbocycles. The molecule has 1 heterocycles. The molecule has 2 nitrogen and oxygen atoms in total. The minimum absolute atomic E-state index is 0.0120. The average Bonchev–Trinajstić information content (AvgIpc) is 2.01. The van der Waals surface area contributed by atoms with Crippen LogP contribution < -0.4 is 0 Å². The van der Waals surface area contributed by atoms with E-state index in [2.05, 4.69) is 17.2 Å². The average molecular weight is 204 g/mol. The van der Waals surface area contributed by atoms with Crippen LogP contribution in [0.25, 0.3) is 0 Å². The summed E-state index contributed by atoms with van der Waals surface area (Å²) in [5.41, 5.74) is -0.917. The van der Waals surface area contributed by atoms with E-state index in [9.17, 15) is 13.2 Å². The first-order valence-electron chi connectivity index (χ1n) is 3.16. The molecule has 0 saturated heterocycles. The number of nitrogens with zero attached hydrogens (tertiary/aromatic N) is 1. The van der Waals surface area contributed by atoms with E-state index in [1.54, 1.807) is 6.07 Å². The van der Waals surface area contributed by atoms with Crippen molar-refractivity contribution in [1.82, 2.24) is 4.98 Å². The fourth-order valence-electron chi connectivity index (χ4n) is 0.762. The van der Waals surface area contributed by atoms with Crippen molar-refractivity contribution in [2.75, 3.05) is 0 Å². The number of pyridine rings is 1. The van der Waals surface area contributed by atoms with Crippen LogP contribution in [0, 0.1) is 16.0 Å². The van der Waals surface area contributed by atoms with Gasteiger partial charge in [0.2, 0.25) is 0 Å². The Morgan fingerprint density at radius 2 is 2.00 bits per heavy atom. The van der Waals surface area contributed by atoms with Crippen LogP contribution in [0.3, 0.4) is 0 Å². The lowest BCUT2D eigenvalue weighted by atomic mass is 10.2. The Morgan fingerprint density at radius 1 is 1.38 bits per heavy atom. The van der Waals surface area contributed by atoms with Crippen molar-refractivity contribution in [3.8, 4) is 6.07 Å². The minimum atomic E-state index is -4.47. The molecule has 1 aromatic rings. The lowest BCUT2D eigenvalue weighted by molar-refractivity contribution is -0.138. The molecule has 0 amide bonds. The van der Waals surface area contributed by atoms with Crippen LogP contribution in [0.4, 0.5) is 13.2 Å². The van der Waals surface area contributed by atoms with Gasteiger partial charge in [0.15, 0.2) is 0 Å². The topological polar surface area (TPSA) is 39.6 Å². The summed E-state index contributed by atoms with van der Waals surface area (Å²) in [5, 5.41) is 8.35. The maximum atomic E-state index is 12.1. The molecule has 6 heteroatoms. The van der Waals surface area contributed by atoms with E-state index in [1.165, 1.54) is 0 Å². The Bertz CT molecular complexity index is 413. The third-order valence-corrected chi connectivity index (χ3v) is 1.66. The van der Waals surface area contributed by atoms with Crippen LogP contribution in [-0.2, 0) is 6.18 Å². The number of aromatic nitrogens is 1. The predicted octanol–water partition coefficient (Wildman–Crippen LogP) is 2.63. The zero-order valence-corrected chi connectivity index (χ0v) is 6.96. The number of rotatable bonds is 0. The van der Waals surface area contributed by atoms with Gasteiger partial charge < -0.3 is 4.98 Å². The molecule has 0 atom stereocenters. The molecule has 0 aliphatic carbocycles. The standard InChI is InChI=1S/C7H3F3N2S/c8-7(9,10)5-2-1-4(3-11)12-6(5)13/h1-2H,(H,12,13). The first-order valence-corrected chi connectivity index (χ1v) is 3.56. The number of hydrogen-bond donors (Lipinski definition) is 1. The van der Waals surface area contributed by atoms with Gasteiger partial charge in [-0.25, -0.2) is 0 Å². The summed E-state index contributed by atoms with van der Waals surface area (Å²) in [4.78, 5) is 2.17. The maximum absolute atomic E-state index is 12.1. The van der Waals surface area contributed by atoms with Gasteiger partial charge in [-0.1, -0.05) is 12.2 Å². The molecule has 1 N–H and O–H groups in total. The first-order chi connectivity index (χ1) is 5.95. The molecule has 13 heavy (non-hydrogen) atoms. The van der Waals surface area contributed by atoms with Crippen molar-refractivity contribution in [2.45, 2.75) is 6.18 Å². The maximum Gasteiger partial charge on any atom is 0.419 e. The molecule has 0 bridgehead atoms. The Balaban J connectivity index is 3.32. The van der Waals surface area contributed by atoms with E-state index in [0.717, 1.165) is 12.1 Å². The molecule has 1 rings (SSSR count). The Hall–Kier alpha value is -1.35. The molecule has 0 unspecified atom stereocenters. The van der Waals surface area contributed by atoms with Crippen LogP contribution in [-0.4, -0.2) is 4.98 Å². The Morgan fingerprint density at radius 3 is 2.38 bits per heavy atom. The molecule has 0 aromatic carbocycles. The fourth-order valence-corrected chi connectivity index (χ4v) is 1.06. The lowest BCUT2D eigenvalue weighted by Crippen LogP contribution is -2.06. The van der Waals surface area contributed by atoms with Crippen LogP contribution in [0.15, 0.2) is 12.1 Å². The summed E-state index contributed by atoms with van der Waals surface area (Å²) >= 11 is 4.43. The number of nitriles is 1. The number of H-pyrrole nitrogens is 1. The summed E-state index contributed by atoms with van der Waals surface area (Å²) in [7, 11) is 0. The first kappa shape index (κ1) is 9.74. The molecule has 0 aliphatic rings. The van der Waals surface area contributed by atoms with Gasteiger partial charge in [-0.15, -0.1) is 0 Å². The summed E-state index contributed by atoms with van der Waals surface area (Å²) in [6.45, 7) is 0. The molecule has 1 aromatic heterocycles. The largest absolute Gasteiger partial charge is 0.419 e. The fraction of sp³-hybridized carbons (Fsp3) is 0.143. The molecule has 0 spiro atoms. The molecule has 68 valence electrons. The molecule has 0 fully saturated rings. The van der Waals surface area contributed by atoms with Gasteiger partial charge in [0.05, 0.1) is 5.56 Å². The van der Waals surface area contributed by atoms with E-state index in [4.69, 9.17) is 5.26 Å². The van der Waals surface area contributed by atoms with Crippen molar-refractivity contribution in [3.05, 3.63) is 28.0 Å². The summed E-state index contributed by atoms with van der Waals surface area (Å²) in [6.07, 6.45) is -4.47. The lowest BCUT2D eigenvalue weighted by Gasteiger charge is -2.05. The van der Waals surface area contributed by atoms with Crippen molar-refractivity contribution < 1.29 is 13.2 Å². The van der Waals surface area contributed by atoms with E-state index < -0.39 is 16.4 Å². The molecular formula is C7H3F3N2S. The van der Waals surface area contributed by atoms with Crippen LogP contribution >= 0.6 is 12.2 Å². The number of hydrogen-bond acceptors (Lipinski definition) is 2. The zero-order valence-electron chi connectivity index (χ0n) is 6.14. The molecular weight excluding hydrogens is 201 g/mol. The molecule has 0 radical (unpaired) electrons. The summed E-state index contributed by atoms with van der Waals surface area (Å²) in [5.74, 6) is 0. The minimum Gasteiger partial charge on any atom is -0.337 e.